The van der Waals surface area contributed by atoms with Gasteiger partial charge in [0.25, 0.3) is 0 Å². The lowest BCUT2D eigenvalue weighted by Crippen LogP contribution is -2.30. The molecule has 3 N–H and O–H groups in total. The molecule has 0 aromatic rings. The molecule has 0 aliphatic rings. The SMILES string of the molecule is CC(C)CCCCCCCCCCCCC(=O)OC[C@H](COP(=O)(O)OCC(O)COP(=O)(O)OC[C@@H](COC(=O)CCCCCCCCCC(C)C)OC(=O)CCCCCCCCC(C)C)OC(=O)CCCCCCCCCCC(C)C. The Balaban J connectivity index is 5.24. The van der Waals surface area contributed by atoms with E-state index < -0.39 is 97.5 Å². The summed E-state index contributed by atoms with van der Waals surface area (Å²) in [5, 5.41) is 10.5. The van der Waals surface area contributed by atoms with E-state index in [0.29, 0.717) is 37.5 Å². The molecular formula is C64H124O17P2. The molecule has 0 saturated carbocycles. The van der Waals surface area contributed by atoms with E-state index in [1.54, 1.807) is 0 Å². The summed E-state index contributed by atoms with van der Waals surface area (Å²) < 4.78 is 67.9. The maximum atomic E-state index is 13.0. The number of ether oxygens (including phenoxy) is 4. The lowest BCUT2D eigenvalue weighted by molar-refractivity contribution is -0.161. The number of carbonyl (C=O) groups excluding carboxylic acids is 4. The van der Waals surface area contributed by atoms with Crippen LogP contribution in [-0.2, 0) is 65.4 Å². The molecule has 3 unspecified atom stereocenters. The van der Waals surface area contributed by atoms with Crippen molar-refractivity contribution in [3.05, 3.63) is 0 Å². The quantitative estimate of drug-likeness (QED) is 0.0222. The number of aliphatic hydroxyl groups excluding tert-OH is 1. The van der Waals surface area contributed by atoms with Gasteiger partial charge in [0, 0.05) is 25.7 Å². The van der Waals surface area contributed by atoms with Crippen molar-refractivity contribution in [3.8, 4) is 0 Å². The zero-order chi connectivity index (χ0) is 61.8. The number of unbranched alkanes of at least 4 members (excludes halogenated alkanes) is 27. The van der Waals surface area contributed by atoms with E-state index in [1.807, 2.05) is 0 Å². The third-order valence-corrected chi connectivity index (χ3v) is 16.5. The highest BCUT2D eigenvalue weighted by Crippen LogP contribution is 2.45. The molecule has 0 rings (SSSR count). The molecule has 0 heterocycles. The fraction of sp³-hybridized carbons (Fsp3) is 0.938. The first-order valence-electron chi connectivity index (χ1n) is 33.2. The van der Waals surface area contributed by atoms with Gasteiger partial charge in [0.2, 0.25) is 0 Å². The van der Waals surface area contributed by atoms with Gasteiger partial charge in [-0.05, 0) is 49.4 Å². The fourth-order valence-electron chi connectivity index (χ4n) is 9.43. The number of esters is 4. The van der Waals surface area contributed by atoms with Gasteiger partial charge in [-0.2, -0.15) is 0 Å². The third-order valence-electron chi connectivity index (χ3n) is 14.6. The van der Waals surface area contributed by atoms with Gasteiger partial charge in [-0.3, -0.25) is 37.3 Å². The Bertz CT molecular complexity index is 1660. The van der Waals surface area contributed by atoms with Crippen LogP contribution in [0.25, 0.3) is 0 Å². The van der Waals surface area contributed by atoms with Crippen LogP contribution in [0.5, 0.6) is 0 Å². The lowest BCUT2D eigenvalue weighted by Gasteiger charge is -2.21. The molecule has 492 valence electrons. The minimum Gasteiger partial charge on any atom is -0.462 e. The van der Waals surface area contributed by atoms with E-state index in [9.17, 15) is 43.2 Å². The maximum absolute atomic E-state index is 13.0. The predicted molar refractivity (Wildman–Crippen MR) is 331 cm³/mol. The molecule has 83 heavy (non-hydrogen) atoms. The second-order valence-corrected chi connectivity index (χ2v) is 28.0. The topological polar surface area (TPSA) is 237 Å². The normalized spacial score (nSPS) is 14.4. The Hall–Kier alpha value is -1.94. The summed E-state index contributed by atoms with van der Waals surface area (Å²) in [6.07, 6.45) is 33.8. The van der Waals surface area contributed by atoms with Gasteiger partial charge >= 0.3 is 39.5 Å². The third kappa shape index (κ3) is 58.8. The van der Waals surface area contributed by atoms with E-state index in [4.69, 9.17) is 37.0 Å². The number of carbonyl (C=O) groups is 4. The summed E-state index contributed by atoms with van der Waals surface area (Å²) in [4.78, 5) is 72.2. The molecule has 0 aliphatic carbocycles. The number of aliphatic hydroxyl groups is 1. The van der Waals surface area contributed by atoms with Crippen molar-refractivity contribution in [2.45, 2.75) is 324 Å². The number of rotatable bonds is 61. The Morgan fingerprint density at radius 3 is 0.747 bits per heavy atom. The van der Waals surface area contributed by atoms with Crippen molar-refractivity contribution >= 4 is 39.5 Å². The average molecular weight is 1230 g/mol. The molecule has 0 fully saturated rings. The van der Waals surface area contributed by atoms with Crippen LogP contribution in [0.4, 0.5) is 0 Å². The first kappa shape index (κ1) is 81.1. The van der Waals surface area contributed by atoms with Gasteiger partial charge in [-0.15, -0.1) is 0 Å². The zero-order valence-corrected chi connectivity index (χ0v) is 55.6. The molecule has 19 heteroatoms. The lowest BCUT2D eigenvalue weighted by atomic mass is 10.0. The molecule has 0 bridgehead atoms. The fourth-order valence-corrected chi connectivity index (χ4v) is 11.0. The molecule has 5 atom stereocenters. The van der Waals surface area contributed by atoms with E-state index in [1.165, 1.54) is 103 Å². The van der Waals surface area contributed by atoms with Crippen molar-refractivity contribution in [1.82, 2.24) is 0 Å². The first-order chi connectivity index (χ1) is 39.6. The highest BCUT2D eigenvalue weighted by atomic mass is 31.2. The Morgan fingerprint density at radius 1 is 0.301 bits per heavy atom. The van der Waals surface area contributed by atoms with Crippen molar-refractivity contribution in [2.24, 2.45) is 23.7 Å². The van der Waals surface area contributed by atoms with Gasteiger partial charge in [-0.1, -0.05) is 254 Å². The van der Waals surface area contributed by atoms with Crippen LogP contribution in [-0.4, -0.2) is 96.7 Å². The summed E-state index contributed by atoms with van der Waals surface area (Å²) >= 11 is 0. The van der Waals surface area contributed by atoms with Crippen LogP contribution < -0.4 is 0 Å². The van der Waals surface area contributed by atoms with Crippen LogP contribution >= 0.6 is 15.6 Å². The van der Waals surface area contributed by atoms with E-state index in [0.717, 1.165) is 108 Å². The molecule has 0 aromatic heterocycles. The van der Waals surface area contributed by atoms with Crippen LogP contribution in [0.15, 0.2) is 0 Å². The zero-order valence-electron chi connectivity index (χ0n) is 53.8. The molecular weight excluding hydrogens is 1100 g/mol. The number of hydrogen-bond donors (Lipinski definition) is 3. The van der Waals surface area contributed by atoms with Crippen molar-refractivity contribution < 1.29 is 80.2 Å². The van der Waals surface area contributed by atoms with Crippen LogP contribution in [0.2, 0.25) is 0 Å². The van der Waals surface area contributed by atoms with Crippen molar-refractivity contribution in [1.29, 1.82) is 0 Å². The van der Waals surface area contributed by atoms with Crippen LogP contribution in [0.3, 0.4) is 0 Å². The van der Waals surface area contributed by atoms with Gasteiger partial charge in [0.1, 0.15) is 19.3 Å². The van der Waals surface area contributed by atoms with Gasteiger partial charge < -0.3 is 33.8 Å². The molecule has 0 spiro atoms. The maximum Gasteiger partial charge on any atom is 0.472 e. The highest BCUT2D eigenvalue weighted by Gasteiger charge is 2.30. The molecule has 17 nitrogen and oxygen atoms in total. The summed E-state index contributed by atoms with van der Waals surface area (Å²) in [5.41, 5.74) is 0. The van der Waals surface area contributed by atoms with Crippen LogP contribution in [0.1, 0.15) is 306 Å². The molecule has 0 saturated heterocycles. The second-order valence-electron chi connectivity index (χ2n) is 25.1. The smallest absolute Gasteiger partial charge is 0.462 e. The Labute approximate surface area is 505 Å². The van der Waals surface area contributed by atoms with E-state index >= 15 is 0 Å². The minimum absolute atomic E-state index is 0.101. The Kier molecular flexibility index (Phi) is 53.0. The van der Waals surface area contributed by atoms with Gasteiger partial charge in [0.05, 0.1) is 26.4 Å². The highest BCUT2D eigenvalue weighted by molar-refractivity contribution is 7.47. The van der Waals surface area contributed by atoms with E-state index in [-0.39, 0.29) is 25.7 Å². The van der Waals surface area contributed by atoms with Crippen molar-refractivity contribution in [2.75, 3.05) is 39.6 Å². The minimum atomic E-state index is -4.95. The predicted octanol–water partition coefficient (Wildman–Crippen LogP) is 17.4. The average Bonchev–Trinajstić information content (AvgIpc) is 3.47. The molecule has 0 radical (unpaired) electrons. The van der Waals surface area contributed by atoms with Crippen molar-refractivity contribution in [3.63, 3.8) is 0 Å². The number of phosphoric ester groups is 2. The van der Waals surface area contributed by atoms with Crippen LogP contribution in [0, 0.1) is 23.7 Å². The second kappa shape index (κ2) is 54.2. The molecule has 0 aliphatic heterocycles. The first-order valence-corrected chi connectivity index (χ1v) is 36.2. The Morgan fingerprint density at radius 2 is 0.506 bits per heavy atom. The molecule has 0 aromatic carbocycles. The summed E-state index contributed by atoms with van der Waals surface area (Å²) in [6, 6.07) is 0. The molecule has 0 amide bonds. The summed E-state index contributed by atoms with van der Waals surface area (Å²) in [6.45, 7) is 13.9. The standard InChI is InChI=1S/C64H124O17P2/c1-54(2)40-32-24-16-11-9-10-12-19-28-36-44-61(66)74-50-59(80-63(68)46-38-30-20-14-13-17-25-33-41-55(3)4)52-78-82(70,71)76-48-58(65)49-77-83(72,73)79-53-60(81-64(69)47-39-31-23-22-27-35-43-57(7)8)51-75-62(67)45-37-29-21-15-18-26-34-42-56(5)6/h54-60,65H,9-53H2,1-8H3,(H,70,71)(H,72,73)/t58?,59-,60-/m1/s1. The van der Waals surface area contributed by atoms with Gasteiger partial charge in [0.15, 0.2) is 12.2 Å². The summed E-state index contributed by atoms with van der Waals surface area (Å²) in [5.74, 6) is 0.707. The number of hydrogen-bond acceptors (Lipinski definition) is 15. The van der Waals surface area contributed by atoms with Gasteiger partial charge in [-0.25, -0.2) is 9.13 Å². The monoisotopic (exact) mass is 1230 g/mol. The van der Waals surface area contributed by atoms with E-state index in [2.05, 4.69) is 55.4 Å². The largest absolute Gasteiger partial charge is 0.472 e. The number of phosphoric acid groups is 2. The summed E-state index contributed by atoms with van der Waals surface area (Å²) in [7, 11) is -9.89.